The minimum Gasteiger partial charge on any atom is -0.494 e. The minimum atomic E-state index is -0.507. The highest BCUT2D eigenvalue weighted by molar-refractivity contribution is 7.99. The number of benzene rings is 2. The second-order valence-corrected chi connectivity index (χ2v) is 5.68. The fourth-order valence-electron chi connectivity index (χ4n) is 1.95. The van der Waals surface area contributed by atoms with Crippen molar-refractivity contribution >= 4 is 17.5 Å². The lowest BCUT2D eigenvalue weighted by Crippen LogP contribution is -2.04. The molecule has 0 saturated heterocycles. The van der Waals surface area contributed by atoms with Crippen molar-refractivity contribution in [3.05, 3.63) is 65.0 Å². The van der Waals surface area contributed by atoms with E-state index in [1.807, 2.05) is 12.1 Å². The zero-order valence-electron chi connectivity index (χ0n) is 12.1. The SMILES string of the molecule is COc1ccc(C(=O)CSCc2ccccc2C)cc1F. The third-order valence-corrected chi connectivity index (χ3v) is 4.21. The van der Waals surface area contributed by atoms with Gasteiger partial charge in [-0.25, -0.2) is 4.39 Å². The summed E-state index contributed by atoms with van der Waals surface area (Å²) in [4.78, 5) is 12.0. The van der Waals surface area contributed by atoms with Gasteiger partial charge in [-0.3, -0.25) is 4.79 Å². The molecule has 4 heteroatoms. The molecule has 0 aromatic heterocycles. The molecule has 0 unspecified atom stereocenters. The second-order valence-electron chi connectivity index (χ2n) is 4.69. The van der Waals surface area contributed by atoms with Gasteiger partial charge in [0.2, 0.25) is 0 Å². The molecule has 2 nitrogen and oxygen atoms in total. The van der Waals surface area contributed by atoms with Crippen molar-refractivity contribution in [1.29, 1.82) is 0 Å². The zero-order valence-corrected chi connectivity index (χ0v) is 12.9. The maximum atomic E-state index is 13.6. The van der Waals surface area contributed by atoms with Crippen LogP contribution in [0, 0.1) is 12.7 Å². The molecule has 2 aromatic rings. The standard InChI is InChI=1S/C17H17FO2S/c1-12-5-3-4-6-14(12)10-21-11-16(19)13-7-8-17(20-2)15(18)9-13/h3-9H,10-11H2,1-2H3. The summed E-state index contributed by atoms with van der Waals surface area (Å²) in [6, 6.07) is 12.4. The molecule has 0 atom stereocenters. The van der Waals surface area contributed by atoms with Crippen LogP contribution in [0.4, 0.5) is 4.39 Å². The number of aryl methyl sites for hydroxylation is 1. The molecule has 0 saturated carbocycles. The van der Waals surface area contributed by atoms with Crippen LogP contribution in [0.3, 0.4) is 0 Å². The first-order chi connectivity index (χ1) is 10.1. The average molecular weight is 304 g/mol. The predicted octanol–water partition coefficient (Wildman–Crippen LogP) is 4.26. The summed E-state index contributed by atoms with van der Waals surface area (Å²) in [5.74, 6) is 0.679. The Balaban J connectivity index is 1.93. The third kappa shape index (κ3) is 4.08. The molecule has 0 bridgehead atoms. The molecule has 0 aliphatic heterocycles. The fourth-order valence-corrected chi connectivity index (χ4v) is 2.95. The Kier molecular flexibility index (Phi) is 5.39. The van der Waals surface area contributed by atoms with Crippen molar-refractivity contribution in [1.82, 2.24) is 0 Å². The third-order valence-electron chi connectivity index (χ3n) is 3.23. The fraction of sp³-hybridized carbons (Fsp3) is 0.235. The van der Waals surface area contributed by atoms with E-state index in [9.17, 15) is 9.18 Å². The first-order valence-corrected chi connectivity index (χ1v) is 7.76. The van der Waals surface area contributed by atoms with Gasteiger partial charge in [-0.15, -0.1) is 11.8 Å². The molecule has 0 N–H and O–H groups in total. The van der Waals surface area contributed by atoms with E-state index < -0.39 is 5.82 Å². The van der Waals surface area contributed by atoms with Crippen molar-refractivity contribution in [2.75, 3.05) is 12.9 Å². The number of carbonyl (C=O) groups excluding carboxylic acids is 1. The number of Topliss-reactive ketones (excluding diaryl/α,β-unsaturated/α-hetero) is 1. The lowest BCUT2D eigenvalue weighted by atomic mass is 10.1. The Morgan fingerprint density at radius 1 is 1.24 bits per heavy atom. The monoisotopic (exact) mass is 304 g/mol. The summed E-state index contributed by atoms with van der Waals surface area (Å²) in [6.07, 6.45) is 0. The number of ether oxygens (including phenoxy) is 1. The number of rotatable bonds is 6. The van der Waals surface area contributed by atoms with Gasteiger partial charge in [0, 0.05) is 11.3 Å². The summed E-state index contributed by atoms with van der Waals surface area (Å²) < 4.78 is 18.4. The normalized spacial score (nSPS) is 10.4. The number of halogens is 1. The molecule has 110 valence electrons. The highest BCUT2D eigenvalue weighted by Gasteiger charge is 2.10. The first kappa shape index (κ1) is 15.6. The van der Waals surface area contributed by atoms with Gasteiger partial charge in [0.25, 0.3) is 0 Å². The second kappa shape index (κ2) is 7.27. The Labute approximate surface area is 128 Å². The van der Waals surface area contributed by atoms with E-state index in [0.717, 1.165) is 5.75 Å². The van der Waals surface area contributed by atoms with E-state index in [-0.39, 0.29) is 11.5 Å². The smallest absolute Gasteiger partial charge is 0.172 e. The molecule has 0 spiro atoms. The Morgan fingerprint density at radius 2 is 2.00 bits per heavy atom. The number of ketones is 1. The predicted molar refractivity (Wildman–Crippen MR) is 84.6 cm³/mol. The molecule has 0 aliphatic carbocycles. The van der Waals surface area contributed by atoms with Crippen molar-refractivity contribution in [3.8, 4) is 5.75 Å². The summed E-state index contributed by atoms with van der Waals surface area (Å²) in [5.41, 5.74) is 2.81. The number of carbonyl (C=O) groups is 1. The van der Waals surface area contributed by atoms with Crippen LogP contribution in [0.15, 0.2) is 42.5 Å². The number of methoxy groups -OCH3 is 1. The maximum Gasteiger partial charge on any atom is 0.172 e. The van der Waals surface area contributed by atoms with Crippen LogP contribution in [0.2, 0.25) is 0 Å². The van der Waals surface area contributed by atoms with Crippen LogP contribution in [0.5, 0.6) is 5.75 Å². The minimum absolute atomic E-state index is 0.0739. The molecule has 0 radical (unpaired) electrons. The van der Waals surface area contributed by atoms with E-state index in [1.165, 1.54) is 42.1 Å². The lowest BCUT2D eigenvalue weighted by molar-refractivity contribution is 0.102. The summed E-state index contributed by atoms with van der Waals surface area (Å²) in [6.45, 7) is 2.05. The van der Waals surface area contributed by atoms with Crippen molar-refractivity contribution in [3.63, 3.8) is 0 Å². The molecular weight excluding hydrogens is 287 g/mol. The molecule has 2 aromatic carbocycles. The van der Waals surface area contributed by atoms with E-state index in [0.29, 0.717) is 11.3 Å². The number of thioether (sulfide) groups is 1. The van der Waals surface area contributed by atoms with Crippen LogP contribution < -0.4 is 4.74 Å². The number of hydrogen-bond acceptors (Lipinski definition) is 3. The van der Waals surface area contributed by atoms with E-state index in [2.05, 4.69) is 19.1 Å². The largest absolute Gasteiger partial charge is 0.494 e. The van der Waals surface area contributed by atoms with Gasteiger partial charge in [-0.05, 0) is 36.2 Å². The maximum absolute atomic E-state index is 13.6. The topological polar surface area (TPSA) is 26.3 Å². The van der Waals surface area contributed by atoms with Gasteiger partial charge in [-0.2, -0.15) is 0 Å². The van der Waals surface area contributed by atoms with Crippen LogP contribution >= 0.6 is 11.8 Å². The van der Waals surface area contributed by atoms with Gasteiger partial charge in [0.1, 0.15) is 0 Å². The van der Waals surface area contributed by atoms with Gasteiger partial charge >= 0.3 is 0 Å². The highest BCUT2D eigenvalue weighted by Crippen LogP contribution is 2.20. The highest BCUT2D eigenvalue weighted by atomic mass is 32.2. The lowest BCUT2D eigenvalue weighted by Gasteiger charge is -2.06. The van der Waals surface area contributed by atoms with Gasteiger partial charge in [0.05, 0.1) is 12.9 Å². The summed E-state index contributed by atoms with van der Waals surface area (Å²) >= 11 is 1.54. The van der Waals surface area contributed by atoms with Crippen LogP contribution in [0.25, 0.3) is 0 Å². The van der Waals surface area contributed by atoms with Gasteiger partial charge in [0.15, 0.2) is 17.3 Å². The molecule has 0 amide bonds. The van der Waals surface area contributed by atoms with Crippen LogP contribution in [-0.4, -0.2) is 18.6 Å². The molecule has 2 rings (SSSR count). The molecule has 0 heterocycles. The molecule has 21 heavy (non-hydrogen) atoms. The van der Waals surface area contributed by atoms with Crippen molar-refractivity contribution in [2.45, 2.75) is 12.7 Å². The van der Waals surface area contributed by atoms with Gasteiger partial charge < -0.3 is 4.74 Å². The van der Waals surface area contributed by atoms with E-state index in [1.54, 1.807) is 6.07 Å². The molecule has 0 fully saturated rings. The Bertz CT molecular complexity index is 640. The van der Waals surface area contributed by atoms with E-state index in [4.69, 9.17) is 4.74 Å². The number of hydrogen-bond donors (Lipinski definition) is 0. The Morgan fingerprint density at radius 3 is 2.67 bits per heavy atom. The van der Waals surface area contributed by atoms with Crippen molar-refractivity contribution in [2.24, 2.45) is 0 Å². The zero-order chi connectivity index (χ0) is 15.2. The summed E-state index contributed by atoms with van der Waals surface area (Å²) in [5, 5.41) is 0. The molecular formula is C17H17FO2S. The van der Waals surface area contributed by atoms with E-state index >= 15 is 0 Å². The Hall–Kier alpha value is -1.81. The molecule has 0 aliphatic rings. The summed E-state index contributed by atoms with van der Waals surface area (Å²) in [7, 11) is 1.40. The first-order valence-electron chi connectivity index (χ1n) is 6.61. The quantitative estimate of drug-likeness (QED) is 0.746. The van der Waals surface area contributed by atoms with Crippen LogP contribution in [0.1, 0.15) is 21.5 Å². The van der Waals surface area contributed by atoms with Gasteiger partial charge in [-0.1, -0.05) is 24.3 Å². The van der Waals surface area contributed by atoms with Crippen molar-refractivity contribution < 1.29 is 13.9 Å². The average Bonchev–Trinajstić information content (AvgIpc) is 2.49. The van der Waals surface area contributed by atoms with Crippen LogP contribution in [-0.2, 0) is 5.75 Å².